The molecule has 1 fully saturated rings. The summed E-state index contributed by atoms with van der Waals surface area (Å²) in [6.45, 7) is 5.48. The molecule has 2 aromatic rings. The van der Waals surface area contributed by atoms with Crippen molar-refractivity contribution in [1.29, 1.82) is 0 Å². The molecule has 2 aromatic carbocycles. The lowest BCUT2D eigenvalue weighted by Crippen LogP contribution is -2.48. The quantitative estimate of drug-likeness (QED) is 0.814. The van der Waals surface area contributed by atoms with Crippen LogP contribution in [-0.4, -0.2) is 49.3 Å². The SMILES string of the molecule is CC(=O)c1ccc(N2CCN(CC(=O)Nc3ccc4c(c3)CCC4)CC2)cc1. The van der Waals surface area contributed by atoms with Gasteiger partial charge in [-0.05, 0) is 73.7 Å². The average molecular weight is 377 g/mol. The monoisotopic (exact) mass is 377 g/mol. The number of Topliss-reactive ketones (excluding diaryl/α,β-unsaturated/α-hetero) is 1. The fraction of sp³-hybridized carbons (Fsp3) is 0.391. The van der Waals surface area contributed by atoms with Gasteiger partial charge in [0.2, 0.25) is 5.91 Å². The first-order valence-electron chi connectivity index (χ1n) is 10.1. The van der Waals surface area contributed by atoms with Gasteiger partial charge in [-0.2, -0.15) is 0 Å². The summed E-state index contributed by atoms with van der Waals surface area (Å²) in [5.41, 5.74) is 5.58. The Morgan fingerprint density at radius 3 is 2.36 bits per heavy atom. The molecule has 0 unspecified atom stereocenters. The van der Waals surface area contributed by atoms with Gasteiger partial charge in [0.05, 0.1) is 6.54 Å². The molecule has 4 rings (SSSR count). The fourth-order valence-electron chi connectivity index (χ4n) is 4.12. The van der Waals surface area contributed by atoms with Gasteiger partial charge in [0, 0.05) is 43.1 Å². The molecule has 5 heteroatoms. The number of benzene rings is 2. The van der Waals surface area contributed by atoms with E-state index in [9.17, 15) is 9.59 Å². The largest absolute Gasteiger partial charge is 0.369 e. The van der Waals surface area contributed by atoms with Crippen LogP contribution in [0.5, 0.6) is 0 Å². The molecule has 1 aliphatic heterocycles. The first kappa shape index (κ1) is 18.7. The second-order valence-corrected chi connectivity index (χ2v) is 7.75. The Balaban J connectivity index is 1.27. The van der Waals surface area contributed by atoms with E-state index >= 15 is 0 Å². The first-order chi connectivity index (χ1) is 13.6. The second-order valence-electron chi connectivity index (χ2n) is 7.75. The Hall–Kier alpha value is -2.66. The summed E-state index contributed by atoms with van der Waals surface area (Å²) in [4.78, 5) is 28.3. The van der Waals surface area contributed by atoms with Crippen molar-refractivity contribution in [3.8, 4) is 0 Å². The summed E-state index contributed by atoms with van der Waals surface area (Å²) >= 11 is 0. The van der Waals surface area contributed by atoms with E-state index in [0.717, 1.165) is 56.0 Å². The number of ketones is 1. The van der Waals surface area contributed by atoms with Crippen LogP contribution in [0.2, 0.25) is 0 Å². The number of anilines is 2. The van der Waals surface area contributed by atoms with Crippen LogP contribution < -0.4 is 10.2 Å². The number of rotatable bonds is 5. The summed E-state index contributed by atoms with van der Waals surface area (Å²) in [7, 11) is 0. The predicted octanol–water partition coefficient (Wildman–Crippen LogP) is 3.14. The van der Waals surface area contributed by atoms with Gasteiger partial charge in [0.1, 0.15) is 0 Å². The number of aryl methyl sites for hydroxylation is 2. The number of fused-ring (bicyclic) bond motifs is 1. The predicted molar refractivity (Wildman–Crippen MR) is 112 cm³/mol. The Labute approximate surface area is 166 Å². The van der Waals surface area contributed by atoms with Gasteiger partial charge in [-0.25, -0.2) is 0 Å². The highest BCUT2D eigenvalue weighted by Crippen LogP contribution is 2.25. The molecule has 0 radical (unpaired) electrons. The van der Waals surface area contributed by atoms with Gasteiger partial charge in [-0.15, -0.1) is 0 Å². The maximum Gasteiger partial charge on any atom is 0.238 e. The lowest BCUT2D eigenvalue weighted by atomic mass is 10.1. The fourth-order valence-corrected chi connectivity index (χ4v) is 4.12. The normalized spacial score (nSPS) is 16.7. The summed E-state index contributed by atoms with van der Waals surface area (Å²) in [5, 5.41) is 3.05. The summed E-state index contributed by atoms with van der Waals surface area (Å²) in [6.07, 6.45) is 3.49. The molecule has 0 saturated carbocycles. The summed E-state index contributed by atoms with van der Waals surface area (Å²) in [5.74, 6) is 0.142. The van der Waals surface area contributed by atoms with Crippen molar-refractivity contribution in [3.05, 3.63) is 59.2 Å². The third-order valence-electron chi connectivity index (χ3n) is 5.76. The third kappa shape index (κ3) is 4.25. The van der Waals surface area contributed by atoms with E-state index in [0.29, 0.717) is 6.54 Å². The van der Waals surface area contributed by atoms with Gasteiger partial charge in [0.15, 0.2) is 5.78 Å². The van der Waals surface area contributed by atoms with Gasteiger partial charge in [-0.1, -0.05) is 6.07 Å². The number of carbonyl (C=O) groups is 2. The zero-order valence-corrected chi connectivity index (χ0v) is 16.4. The molecule has 0 aromatic heterocycles. The average Bonchev–Trinajstić information content (AvgIpc) is 3.16. The van der Waals surface area contributed by atoms with Crippen LogP contribution in [0.4, 0.5) is 11.4 Å². The van der Waals surface area contributed by atoms with Gasteiger partial charge in [0.25, 0.3) is 0 Å². The molecule has 1 N–H and O–H groups in total. The lowest BCUT2D eigenvalue weighted by Gasteiger charge is -2.35. The van der Waals surface area contributed by atoms with E-state index in [1.54, 1.807) is 6.92 Å². The highest BCUT2D eigenvalue weighted by atomic mass is 16.2. The lowest BCUT2D eigenvalue weighted by molar-refractivity contribution is -0.117. The molecule has 2 aliphatic rings. The first-order valence-corrected chi connectivity index (χ1v) is 10.1. The molecule has 0 bridgehead atoms. The maximum atomic E-state index is 12.4. The Bertz CT molecular complexity index is 868. The number of hydrogen-bond acceptors (Lipinski definition) is 4. The standard InChI is InChI=1S/C23H27N3O2/c1-17(27)18-6-9-22(10-7-18)26-13-11-25(12-14-26)16-23(28)24-21-8-5-19-3-2-4-20(19)15-21/h5-10,15H,2-4,11-14,16H2,1H3,(H,24,28). The van der Waals surface area contributed by atoms with Crippen molar-refractivity contribution in [2.75, 3.05) is 42.9 Å². The summed E-state index contributed by atoms with van der Waals surface area (Å²) in [6, 6.07) is 14.1. The minimum absolute atomic E-state index is 0.0530. The summed E-state index contributed by atoms with van der Waals surface area (Å²) < 4.78 is 0. The van der Waals surface area contributed by atoms with Crippen molar-refractivity contribution in [2.24, 2.45) is 0 Å². The molecule has 1 amide bonds. The Morgan fingerprint density at radius 1 is 0.929 bits per heavy atom. The molecule has 0 spiro atoms. The van der Waals surface area contributed by atoms with Crippen molar-refractivity contribution < 1.29 is 9.59 Å². The van der Waals surface area contributed by atoms with E-state index in [-0.39, 0.29) is 11.7 Å². The topological polar surface area (TPSA) is 52.7 Å². The molecule has 0 atom stereocenters. The van der Waals surface area contributed by atoms with Crippen molar-refractivity contribution in [1.82, 2.24) is 4.90 Å². The molecular formula is C23H27N3O2. The van der Waals surface area contributed by atoms with Crippen LogP contribution >= 0.6 is 0 Å². The highest BCUT2D eigenvalue weighted by molar-refractivity contribution is 5.94. The van der Waals surface area contributed by atoms with Crippen molar-refractivity contribution in [3.63, 3.8) is 0 Å². The number of nitrogens with one attached hydrogen (secondary N) is 1. The van der Waals surface area contributed by atoms with E-state index in [2.05, 4.69) is 27.2 Å². The molecule has 5 nitrogen and oxygen atoms in total. The van der Waals surface area contributed by atoms with Crippen LogP contribution in [0.3, 0.4) is 0 Å². The molecule has 1 aliphatic carbocycles. The number of piperazine rings is 1. The van der Waals surface area contributed by atoms with Crippen LogP contribution in [0.15, 0.2) is 42.5 Å². The van der Waals surface area contributed by atoms with E-state index < -0.39 is 0 Å². The number of carbonyl (C=O) groups excluding carboxylic acids is 2. The number of nitrogens with zero attached hydrogens (tertiary/aromatic N) is 2. The van der Waals surface area contributed by atoms with Crippen molar-refractivity contribution >= 4 is 23.1 Å². The maximum absolute atomic E-state index is 12.4. The minimum atomic E-state index is 0.0530. The molecule has 1 saturated heterocycles. The third-order valence-corrected chi connectivity index (χ3v) is 5.76. The molecule has 1 heterocycles. The van der Waals surface area contributed by atoms with Crippen LogP contribution in [0.25, 0.3) is 0 Å². The van der Waals surface area contributed by atoms with Crippen LogP contribution in [-0.2, 0) is 17.6 Å². The molecule has 28 heavy (non-hydrogen) atoms. The van der Waals surface area contributed by atoms with E-state index in [1.807, 2.05) is 30.3 Å². The van der Waals surface area contributed by atoms with Crippen LogP contribution in [0.1, 0.15) is 34.8 Å². The zero-order chi connectivity index (χ0) is 19.5. The van der Waals surface area contributed by atoms with Crippen LogP contribution in [0, 0.1) is 0 Å². The number of amides is 1. The smallest absolute Gasteiger partial charge is 0.238 e. The van der Waals surface area contributed by atoms with Gasteiger partial charge in [-0.3, -0.25) is 14.5 Å². The van der Waals surface area contributed by atoms with E-state index in [4.69, 9.17) is 0 Å². The molecular weight excluding hydrogens is 350 g/mol. The Kier molecular flexibility index (Phi) is 5.44. The highest BCUT2D eigenvalue weighted by Gasteiger charge is 2.20. The minimum Gasteiger partial charge on any atom is -0.369 e. The molecule has 146 valence electrons. The van der Waals surface area contributed by atoms with Gasteiger partial charge < -0.3 is 10.2 Å². The second kappa shape index (κ2) is 8.15. The number of hydrogen-bond donors (Lipinski definition) is 1. The van der Waals surface area contributed by atoms with E-state index in [1.165, 1.54) is 17.5 Å². The Morgan fingerprint density at radius 2 is 1.64 bits per heavy atom. The van der Waals surface area contributed by atoms with Gasteiger partial charge >= 0.3 is 0 Å². The zero-order valence-electron chi connectivity index (χ0n) is 16.4. The van der Waals surface area contributed by atoms with Crippen molar-refractivity contribution in [2.45, 2.75) is 26.2 Å².